The summed E-state index contributed by atoms with van der Waals surface area (Å²) in [6.45, 7) is 0.767. The second-order valence-corrected chi connectivity index (χ2v) is 16.2. The molecule has 0 atom stereocenters. The number of nitrogen functional groups attached to an aromatic ring is 18. The molecule has 0 aliphatic heterocycles. The molecular formula is C48H81N21O10. The van der Waals surface area contributed by atoms with E-state index < -0.39 is 13.6 Å². The van der Waals surface area contributed by atoms with E-state index in [1.54, 1.807) is 55.6 Å². The molecule has 0 aromatic heterocycles. The van der Waals surface area contributed by atoms with Crippen LogP contribution in [-0.4, -0.2) is 97.2 Å². The van der Waals surface area contributed by atoms with Crippen LogP contribution < -0.4 is 143 Å². The molecule has 0 heterocycles. The maximum absolute atomic E-state index is 8.47. The quantitative estimate of drug-likeness (QED) is 0.0306. The second kappa shape index (κ2) is 34.7. The van der Waals surface area contributed by atoms with E-state index in [1.807, 2.05) is 19.0 Å². The van der Waals surface area contributed by atoms with E-state index in [4.69, 9.17) is 152 Å². The molecule has 79 heavy (non-hydrogen) atoms. The summed E-state index contributed by atoms with van der Waals surface area (Å²) in [6.07, 6.45) is 0. The summed E-state index contributed by atoms with van der Waals surface area (Å²) in [5.74, 6) is 2.61. The highest BCUT2D eigenvalue weighted by molar-refractivity contribution is 5.79. The summed E-state index contributed by atoms with van der Waals surface area (Å²) in [5.41, 5.74) is 113. The molecule has 6 aromatic carbocycles. The Labute approximate surface area is 457 Å². The first-order valence-electron chi connectivity index (χ1n) is 23.0. The van der Waals surface area contributed by atoms with Crippen molar-refractivity contribution in [1.29, 1.82) is 0 Å². The molecule has 0 unspecified atom stereocenters. The van der Waals surface area contributed by atoms with Crippen molar-refractivity contribution in [1.82, 2.24) is 10.2 Å². The number of ether oxygens (including phenoxy) is 8. The first kappa shape index (κ1) is 67.3. The van der Waals surface area contributed by atoms with Gasteiger partial charge in [0.15, 0.2) is 20.4 Å². The lowest BCUT2D eigenvalue weighted by Crippen LogP contribution is -2.19. The first-order valence-corrected chi connectivity index (χ1v) is 23.0. The van der Waals surface area contributed by atoms with Gasteiger partial charge in [0.2, 0.25) is 0 Å². The molecule has 0 spiro atoms. The topological polar surface area (TPSA) is 624 Å². The predicted octanol–water partition coefficient (Wildman–Crippen LogP) is 0.00430. The zero-order valence-electron chi connectivity index (χ0n) is 44.7. The van der Waals surface area contributed by atoms with E-state index >= 15 is 0 Å². The van der Waals surface area contributed by atoms with Crippen molar-refractivity contribution in [2.45, 2.75) is 0 Å². The fraction of sp³-hybridized carbons (Fsp3) is 0.250. The van der Waals surface area contributed by atoms with Crippen LogP contribution in [0.4, 0.5) is 102 Å². The van der Waals surface area contributed by atoms with Gasteiger partial charge in [-0.2, -0.15) is 0 Å². The Hall–Kier alpha value is -9.76. The van der Waals surface area contributed by atoms with E-state index in [1.165, 1.54) is 31.4 Å². The van der Waals surface area contributed by atoms with Gasteiger partial charge in [0.05, 0.1) is 68.2 Å². The third-order valence-electron chi connectivity index (χ3n) is 9.35. The normalized spacial score (nSPS) is 10.0. The van der Waals surface area contributed by atoms with Crippen LogP contribution in [0.3, 0.4) is 0 Å². The zero-order chi connectivity index (χ0) is 59.9. The maximum Gasteiger partial charge on any atom is 0.191 e. The fourth-order valence-corrected chi connectivity index (χ4v) is 5.59. The van der Waals surface area contributed by atoms with Crippen molar-refractivity contribution in [2.24, 2.45) is 5.73 Å². The molecule has 0 aliphatic rings. The SMILES string of the molecule is CN(C)COc1cc(N)cc(N)c1N.CNCOc1cc(N)cc(N)c1N.COCOc1cc(N)cc(N)c1N.NCCOc1cc(N)cc(N)c1N.Nc1cc(N)c(N)c(OCO)c1.Nc1cc(N)c(N)c(OCOCO)c1. The van der Waals surface area contributed by atoms with Gasteiger partial charge in [-0.15, -0.1) is 0 Å². The van der Waals surface area contributed by atoms with Crippen LogP contribution in [0.25, 0.3) is 0 Å². The van der Waals surface area contributed by atoms with E-state index in [0.717, 1.165) is 0 Å². The third kappa shape index (κ3) is 24.2. The minimum Gasteiger partial charge on any atom is -0.490 e. The minimum atomic E-state index is -0.451. The van der Waals surface area contributed by atoms with Crippen molar-refractivity contribution < 1.29 is 48.1 Å². The lowest BCUT2D eigenvalue weighted by molar-refractivity contribution is -0.0650. The molecule has 6 aromatic rings. The van der Waals surface area contributed by atoms with Gasteiger partial charge >= 0.3 is 0 Å². The Morgan fingerprint density at radius 3 is 0.962 bits per heavy atom. The molecule has 0 saturated carbocycles. The number of anilines is 18. The highest BCUT2D eigenvalue weighted by Crippen LogP contribution is 2.34. The smallest absolute Gasteiger partial charge is 0.191 e. The van der Waals surface area contributed by atoms with Crippen LogP contribution in [0, 0.1) is 0 Å². The molecule has 41 N–H and O–H groups in total. The van der Waals surface area contributed by atoms with Crippen LogP contribution in [0.2, 0.25) is 0 Å². The van der Waals surface area contributed by atoms with Crippen LogP contribution in [0.1, 0.15) is 0 Å². The summed E-state index contributed by atoms with van der Waals surface area (Å²) < 4.78 is 40.2. The van der Waals surface area contributed by atoms with Crippen molar-refractivity contribution in [3.63, 3.8) is 0 Å². The molecule has 0 aliphatic carbocycles. The maximum atomic E-state index is 8.47. The monoisotopic (exact) mass is 1110 g/mol. The number of aliphatic hydroxyl groups excluding tert-OH is 2. The Balaban J connectivity index is 0.000000474. The van der Waals surface area contributed by atoms with E-state index in [-0.39, 0.29) is 13.6 Å². The van der Waals surface area contributed by atoms with Crippen LogP contribution in [-0.2, 0) is 9.47 Å². The predicted molar refractivity (Wildman–Crippen MR) is 320 cm³/mol. The number of benzene rings is 6. The summed E-state index contributed by atoms with van der Waals surface area (Å²) in [7, 11) is 7.08. The lowest BCUT2D eigenvalue weighted by Gasteiger charge is -2.14. The molecule has 31 heteroatoms. The Kier molecular flexibility index (Phi) is 29.6. The summed E-state index contributed by atoms with van der Waals surface area (Å²) in [6, 6.07) is 19.0. The molecular weight excluding hydrogens is 1030 g/mol. The summed E-state index contributed by atoms with van der Waals surface area (Å²) in [5, 5.41) is 19.6. The lowest BCUT2D eigenvalue weighted by atomic mass is 10.2. The number of methoxy groups -OCH3 is 1. The summed E-state index contributed by atoms with van der Waals surface area (Å²) in [4.78, 5) is 1.87. The third-order valence-corrected chi connectivity index (χ3v) is 9.35. The Morgan fingerprint density at radius 1 is 0.392 bits per heavy atom. The zero-order valence-corrected chi connectivity index (χ0v) is 44.7. The van der Waals surface area contributed by atoms with E-state index in [0.29, 0.717) is 163 Å². The molecule has 0 radical (unpaired) electrons. The highest BCUT2D eigenvalue weighted by atomic mass is 16.7. The number of aliphatic hydroxyl groups is 2. The van der Waals surface area contributed by atoms with Gasteiger partial charge in [0.1, 0.15) is 61.4 Å². The number of hydrogen-bond acceptors (Lipinski definition) is 31. The number of nitrogens with one attached hydrogen (secondary N) is 1. The van der Waals surface area contributed by atoms with Crippen molar-refractivity contribution in [2.75, 3.05) is 185 Å². The second-order valence-electron chi connectivity index (χ2n) is 16.2. The van der Waals surface area contributed by atoms with Crippen molar-refractivity contribution in [3.8, 4) is 34.5 Å². The number of nitrogens with zero attached hydrogens (tertiary/aromatic N) is 1. The van der Waals surface area contributed by atoms with Gasteiger partial charge in [-0.25, -0.2) is 0 Å². The number of hydrogen-bond donors (Lipinski definition) is 22. The van der Waals surface area contributed by atoms with Crippen LogP contribution in [0.5, 0.6) is 34.5 Å². The van der Waals surface area contributed by atoms with E-state index in [9.17, 15) is 0 Å². The van der Waals surface area contributed by atoms with Gasteiger partial charge in [0.25, 0.3) is 0 Å². The molecule has 0 fully saturated rings. The molecule has 0 amide bonds. The standard InChI is InChI=1S/C9H16N4O.2C8H14N4O.C8H13N3O3.C8H13N3O2.C7H11N3O2/c1-13(2)5-14-8-4-6(10)3-7(11)9(8)12;1-12-4-13-7-3-5(9)2-6(10)8(7)11;9-1-2-13-7-4-5(10)3-6(11)8(7)12;9-5-1-6(10)8(11)7(2-5)14-4-13-3-12;1-12-4-13-7-3-5(9)2-6(10)8(7)11;8-4-1-5(9)7(10)6(2-4)12-3-11/h3-4H,5,10-12H2,1-2H3;2-3,12H,4,9-11H2,1H3;3-4H,1-2,9-12H2;1-2,12H,3-4,9-11H2;2-3H,4,9-11H2,1H3;1-2,11H,3,8-10H2. The van der Waals surface area contributed by atoms with Gasteiger partial charge < -0.3 is 157 Å². The Bertz CT molecular complexity index is 2650. The van der Waals surface area contributed by atoms with Gasteiger partial charge in [-0.3, -0.25) is 10.2 Å². The Morgan fingerprint density at radius 2 is 0.684 bits per heavy atom. The average Bonchev–Trinajstić information content (AvgIpc) is 3.38. The van der Waals surface area contributed by atoms with Crippen LogP contribution in [0.15, 0.2) is 72.8 Å². The first-order chi connectivity index (χ1) is 37.2. The van der Waals surface area contributed by atoms with Gasteiger partial charge in [0, 0.05) is 84.2 Å². The molecule has 0 saturated heterocycles. The molecule has 31 nitrogen and oxygen atoms in total. The van der Waals surface area contributed by atoms with Crippen molar-refractivity contribution in [3.05, 3.63) is 72.8 Å². The highest BCUT2D eigenvalue weighted by Gasteiger charge is 2.10. The van der Waals surface area contributed by atoms with Gasteiger partial charge in [-0.05, 0) is 57.5 Å². The summed E-state index contributed by atoms with van der Waals surface area (Å²) >= 11 is 0. The van der Waals surface area contributed by atoms with Crippen LogP contribution >= 0.6 is 0 Å². The minimum absolute atomic E-state index is 0.108. The number of nitrogens with two attached hydrogens (primary N) is 19. The van der Waals surface area contributed by atoms with Gasteiger partial charge in [-0.1, -0.05) is 0 Å². The molecule has 6 rings (SSSR count). The largest absolute Gasteiger partial charge is 0.490 e. The number of rotatable bonds is 18. The molecule has 438 valence electrons. The fourth-order valence-electron chi connectivity index (χ4n) is 5.59. The molecule has 0 bridgehead atoms. The van der Waals surface area contributed by atoms with Crippen molar-refractivity contribution >= 4 is 102 Å². The van der Waals surface area contributed by atoms with E-state index in [2.05, 4.69) is 10.1 Å². The average molecular weight is 1110 g/mol.